The molecule has 0 N–H and O–H groups in total. The predicted molar refractivity (Wildman–Crippen MR) is 130 cm³/mol. The molecule has 4 rings (SSSR count). The second-order valence-electron chi connectivity index (χ2n) is 7.59. The average molecular weight is 448 g/mol. The average Bonchev–Trinajstić information content (AvgIpc) is 2.83. The lowest BCUT2D eigenvalue weighted by Gasteiger charge is -2.10. The topological polar surface area (TPSA) is 44.0 Å². The van der Waals surface area contributed by atoms with Gasteiger partial charge in [0.05, 0.1) is 25.3 Å². The Balaban J connectivity index is 1.84. The first-order chi connectivity index (χ1) is 15.6. The van der Waals surface area contributed by atoms with E-state index >= 15 is 0 Å². The van der Waals surface area contributed by atoms with Gasteiger partial charge in [-0.2, -0.15) is 0 Å². The Hall–Kier alpha value is -3.24. The van der Waals surface area contributed by atoms with Gasteiger partial charge in [-0.15, -0.1) is 0 Å². The molecule has 1 heterocycles. The molecular formula is C27H26ClNO3. The van der Waals surface area contributed by atoms with E-state index in [1.165, 1.54) is 18.4 Å². The molecule has 4 nitrogen and oxygen atoms in total. The monoisotopic (exact) mass is 447 g/mol. The lowest BCUT2D eigenvalue weighted by atomic mass is 10.1. The smallest absolute Gasteiger partial charge is 0.161 e. The minimum atomic E-state index is 0.637. The summed E-state index contributed by atoms with van der Waals surface area (Å²) in [5.41, 5.74) is 3.79. The molecule has 0 saturated heterocycles. The summed E-state index contributed by atoms with van der Waals surface area (Å²) < 4.78 is 17.0. The third kappa shape index (κ3) is 4.81. The number of methoxy groups -OCH3 is 2. The highest BCUT2D eigenvalue weighted by Gasteiger charge is 2.11. The van der Waals surface area contributed by atoms with Crippen LogP contribution in [-0.2, 0) is 6.42 Å². The van der Waals surface area contributed by atoms with Crippen molar-refractivity contribution in [3.8, 4) is 22.8 Å². The molecule has 1 aromatic heterocycles. The van der Waals surface area contributed by atoms with Gasteiger partial charge in [-0.1, -0.05) is 37.1 Å². The number of halogens is 1. The summed E-state index contributed by atoms with van der Waals surface area (Å²) in [7, 11) is 3.23. The van der Waals surface area contributed by atoms with Crippen molar-refractivity contribution in [2.45, 2.75) is 26.2 Å². The molecule has 0 aliphatic carbocycles. The molecule has 0 saturated carbocycles. The molecule has 0 fully saturated rings. The van der Waals surface area contributed by atoms with Crippen LogP contribution in [0.1, 0.15) is 25.3 Å². The van der Waals surface area contributed by atoms with Crippen LogP contribution in [-0.4, -0.2) is 14.2 Å². The van der Waals surface area contributed by atoms with Crippen LogP contribution in [0, 0.1) is 0 Å². The minimum Gasteiger partial charge on any atom is -0.493 e. The van der Waals surface area contributed by atoms with Crippen LogP contribution in [0.3, 0.4) is 0 Å². The zero-order valence-corrected chi connectivity index (χ0v) is 19.3. The molecule has 4 aromatic rings. The Kier molecular flexibility index (Phi) is 6.81. The van der Waals surface area contributed by atoms with Crippen LogP contribution in [0.4, 0.5) is 5.69 Å². The maximum atomic E-state index is 6.28. The molecule has 0 spiro atoms. The molecule has 0 bridgehead atoms. The molecule has 0 unspecified atom stereocenters. The number of fused-ring (bicyclic) bond motifs is 1. The fourth-order valence-electron chi connectivity index (χ4n) is 3.62. The summed E-state index contributed by atoms with van der Waals surface area (Å²) in [6, 6.07) is 21.6. The van der Waals surface area contributed by atoms with Gasteiger partial charge >= 0.3 is 0 Å². The van der Waals surface area contributed by atoms with E-state index < -0.39 is 0 Å². The number of hydrogen-bond acceptors (Lipinski definition) is 4. The van der Waals surface area contributed by atoms with E-state index in [2.05, 4.69) is 31.2 Å². The van der Waals surface area contributed by atoms with Gasteiger partial charge in [0.25, 0.3) is 0 Å². The first-order valence-corrected chi connectivity index (χ1v) is 11.1. The molecular weight excluding hydrogens is 422 g/mol. The number of ether oxygens (including phenoxy) is 2. The summed E-state index contributed by atoms with van der Waals surface area (Å²) in [6.07, 6.45) is 3.46. The Morgan fingerprint density at radius 1 is 0.875 bits per heavy atom. The van der Waals surface area contributed by atoms with Gasteiger partial charge in [0.15, 0.2) is 11.5 Å². The Bertz CT molecular complexity index is 1290. The van der Waals surface area contributed by atoms with Gasteiger partial charge in [-0.05, 0) is 66.9 Å². The third-order valence-electron chi connectivity index (χ3n) is 5.38. The standard InChI is InChI=1S/C27H26ClNO3/c1-4-5-6-18-7-11-21(12-8-18)29-23-17-26(32-24-14-10-20(28)16-22(23)24)19-9-13-25(30-2)27(15-19)31-3/h7-17H,4-6H2,1-3H3. The Morgan fingerprint density at radius 3 is 2.38 bits per heavy atom. The van der Waals surface area contributed by atoms with E-state index in [0.29, 0.717) is 27.9 Å². The van der Waals surface area contributed by atoms with Gasteiger partial charge in [0.1, 0.15) is 11.3 Å². The first kappa shape index (κ1) is 22.0. The second kappa shape index (κ2) is 9.92. The SMILES string of the molecule is CCCCc1ccc(N=c2cc(-c3ccc(OC)c(OC)c3)oc3ccc(Cl)cc23)cc1. The molecule has 0 amide bonds. The van der Waals surface area contributed by atoms with Crippen molar-refractivity contribution in [3.05, 3.63) is 82.7 Å². The number of rotatable bonds is 7. The molecule has 0 radical (unpaired) electrons. The third-order valence-corrected chi connectivity index (χ3v) is 5.61. The highest BCUT2D eigenvalue weighted by atomic mass is 35.5. The van der Waals surface area contributed by atoms with Crippen molar-refractivity contribution in [3.63, 3.8) is 0 Å². The van der Waals surface area contributed by atoms with Crippen LogP contribution in [0.15, 0.2) is 76.1 Å². The highest BCUT2D eigenvalue weighted by Crippen LogP contribution is 2.33. The van der Waals surface area contributed by atoms with Crippen LogP contribution in [0.25, 0.3) is 22.3 Å². The fraction of sp³-hybridized carbons (Fsp3) is 0.222. The van der Waals surface area contributed by atoms with Crippen molar-refractivity contribution in [1.82, 2.24) is 0 Å². The van der Waals surface area contributed by atoms with Gasteiger partial charge < -0.3 is 13.9 Å². The minimum absolute atomic E-state index is 0.637. The van der Waals surface area contributed by atoms with Crippen LogP contribution < -0.4 is 14.8 Å². The largest absolute Gasteiger partial charge is 0.493 e. The van der Waals surface area contributed by atoms with Crippen LogP contribution in [0.2, 0.25) is 5.02 Å². The quantitative estimate of drug-likeness (QED) is 0.297. The van der Waals surface area contributed by atoms with Crippen molar-refractivity contribution < 1.29 is 13.9 Å². The molecule has 0 aliphatic heterocycles. The van der Waals surface area contributed by atoms with E-state index in [0.717, 1.165) is 28.4 Å². The summed E-state index contributed by atoms with van der Waals surface area (Å²) in [6.45, 7) is 2.20. The Labute approximate surface area is 193 Å². The summed E-state index contributed by atoms with van der Waals surface area (Å²) in [4.78, 5) is 4.92. The van der Waals surface area contributed by atoms with E-state index in [1.54, 1.807) is 14.2 Å². The normalized spacial score (nSPS) is 11.7. The van der Waals surface area contributed by atoms with Crippen molar-refractivity contribution in [2.24, 2.45) is 4.99 Å². The molecule has 164 valence electrons. The van der Waals surface area contributed by atoms with Gasteiger partial charge in [-0.25, -0.2) is 4.99 Å². The van der Waals surface area contributed by atoms with Crippen LogP contribution >= 0.6 is 11.6 Å². The van der Waals surface area contributed by atoms with Gasteiger partial charge in [0, 0.05) is 22.0 Å². The lowest BCUT2D eigenvalue weighted by Crippen LogP contribution is -2.03. The zero-order chi connectivity index (χ0) is 22.5. The summed E-state index contributed by atoms with van der Waals surface area (Å²) in [5, 5.41) is 2.29. The maximum Gasteiger partial charge on any atom is 0.161 e. The zero-order valence-electron chi connectivity index (χ0n) is 18.5. The number of nitrogens with zero attached hydrogens (tertiary/aromatic N) is 1. The maximum absolute atomic E-state index is 6.28. The van der Waals surface area contributed by atoms with Gasteiger partial charge in [-0.3, -0.25) is 0 Å². The molecule has 32 heavy (non-hydrogen) atoms. The number of unbranched alkanes of at least 4 members (excludes halogenated alkanes) is 1. The second-order valence-corrected chi connectivity index (χ2v) is 8.02. The molecule has 3 aromatic carbocycles. The number of aryl methyl sites for hydroxylation is 1. The van der Waals surface area contributed by atoms with Crippen molar-refractivity contribution in [1.29, 1.82) is 0 Å². The summed E-state index contributed by atoms with van der Waals surface area (Å²) >= 11 is 6.28. The first-order valence-electron chi connectivity index (χ1n) is 10.7. The number of hydrogen-bond donors (Lipinski definition) is 0. The van der Waals surface area contributed by atoms with Crippen molar-refractivity contribution in [2.75, 3.05) is 14.2 Å². The lowest BCUT2D eigenvalue weighted by molar-refractivity contribution is 0.355. The highest BCUT2D eigenvalue weighted by molar-refractivity contribution is 6.31. The predicted octanol–water partition coefficient (Wildman–Crippen LogP) is 7.35. The number of benzene rings is 3. The molecule has 0 aliphatic rings. The molecule has 0 atom stereocenters. The van der Waals surface area contributed by atoms with E-state index in [-0.39, 0.29) is 0 Å². The van der Waals surface area contributed by atoms with Crippen molar-refractivity contribution >= 4 is 28.3 Å². The summed E-state index contributed by atoms with van der Waals surface area (Å²) in [5.74, 6) is 1.98. The Morgan fingerprint density at radius 2 is 1.66 bits per heavy atom. The fourth-order valence-corrected chi connectivity index (χ4v) is 3.79. The van der Waals surface area contributed by atoms with Crippen LogP contribution in [0.5, 0.6) is 11.5 Å². The van der Waals surface area contributed by atoms with E-state index in [4.69, 9.17) is 30.5 Å². The van der Waals surface area contributed by atoms with E-state index in [1.807, 2.05) is 42.5 Å². The molecule has 5 heteroatoms. The van der Waals surface area contributed by atoms with E-state index in [9.17, 15) is 0 Å². The van der Waals surface area contributed by atoms with Gasteiger partial charge in [0.2, 0.25) is 0 Å².